The van der Waals surface area contributed by atoms with Crippen LogP contribution >= 0.6 is 0 Å². The molecular formula is C22H26N4O3. The summed E-state index contributed by atoms with van der Waals surface area (Å²) in [6.07, 6.45) is 8.09. The Hall–Kier alpha value is -2.51. The number of rotatable bonds is 4. The molecule has 29 heavy (non-hydrogen) atoms. The summed E-state index contributed by atoms with van der Waals surface area (Å²) in [6.45, 7) is 4.72. The van der Waals surface area contributed by atoms with Gasteiger partial charge in [-0.3, -0.25) is 14.5 Å². The van der Waals surface area contributed by atoms with Crippen molar-refractivity contribution in [1.82, 2.24) is 19.0 Å². The molecule has 1 aliphatic heterocycles. The second-order valence-corrected chi connectivity index (χ2v) is 8.09. The average molecular weight is 394 g/mol. The highest BCUT2D eigenvalue weighted by Gasteiger charge is 2.19. The Morgan fingerprint density at radius 3 is 2.38 bits per heavy atom. The maximum Gasteiger partial charge on any atom is 0.260 e. The van der Waals surface area contributed by atoms with E-state index in [9.17, 15) is 9.59 Å². The Balaban J connectivity index is 1.52. The summed E-state index contributed by atoms with van der Waals surface area (Å²) in [5.74, 6) is 0. The molecule has 1 saturated heterocycles. The molecular weight excluding hydrogens is 368 g/mol. The Kier molecular flexibility index (Phi) is 4.93. The molecule has 1 aliphatic carbocycles. The van der Waals surface area contributed by atoms with Crippen LogP contribution in [0.25, 0.3) is 21.8 Å². The van der Waals surface area contributed by atoms with Gasteiger partial charge < -0.3 is 13.9 Å². The maximum absolute atomic E-state index is 13.1. The van der Waals surface area contributed by atoms with E-state index in [-0.39, 0.29) is 17.2 Å². The van der Waals surface area contributed by atoms with Crippen molar-refractivity contribution in [3.8, 4) is 0 Å². The van der Waals surface area contributed by atoms with Crippen molar-refractivity contribution in [3.63, 3.8) is 0 Å². The first-order chi connectivity index (χ1) is 14.2. The quantitative estimate of drug-likeness (QED) is 0.635. The summed E-state index contributed by atoms with van der Waals surface area (Å²) in [5, 5.41) is 1.05. The molecule has 4 heterocycles. The van der Waals surface area contributed by atoms with Crippen molar-refractivity contribution < 1.29 is 4.74 Å². The van der Waals surface area contributed by atoms with E-state index in [1.165, 1.54) is 12.8 Å². The van der Waals surface area contributed by atoms with Crippen LogP contribution in [0.15, 0.2) is 40.2 Å². The van der Waals surface area contributed by atoms with Gasteiger partial charge in [-0.15, -0.1) is 0 Å². The fourth-order valence-electron chi connectivity index (χ4n) is 4.60. The van der Waals surface area contributed by atoms with Crippen LogP contribution in [0.5, 0.6) is 0 Å². The minimum Gasteiger partial charge on any atom is -0.379 e. The van der Waals surface area contributed by atoms with Crippen molar-refractivity contribution in [2.24, 2.45) is 0 Å². The van der Waals surface area contributed by atoms with Crippen LogP contribution in [-0.2, 0) is 11.3 Å². The zero-order chi connectivity index (χ0) is 19.8. The molecule has 0 atom stereocenters. The molecule has 152 valence electrons. The van der Waals surface area contributed by atoms with Gasteiger partial charge in [-0.2, -0.15) is 0 Å². The lowest BCUT2D eigenvalue weighted by atomic mass is 10.1. The second kappa shape index (κ2) is 7.72. The summed E-state index contributed by atoms with van der Waals surface area (Å²) in [6, 6.07) is 5.79. The van der Waals surface area contributed by atoms with Gasteiger partial charge in [0.2, 0.25) is 0 Å². The van der Waals surface area contributed by atoms with E-state index < -0.39 is 0 Å². The number of ether oxygens (including phenoxy) is 1. The average Bonchev–Trinajstić information content (AvgIpc) is 3.28. The number of hydrogen-bond acceptors (Lipinski definition) is 5. The number of pyridine rings is 3. The van der Waals surface area contributed by atoms with Crippen LogP contribution in [0, 0.1) is 0 Å². The molecule has 0 bridgehead atoms. The highest BCUT2D eigenvalue weighted by atomic mass is 16.5. The Morgan fingerprint density at radius 2 is 1.62 bits per heavy atom. The second-order valence-electron chi connectivity index (χ2n) is 8.09. The lowest BCUT2D eigenvalue weighted by Gasteiger charge is -2.26. The molecule has 0 radical (unpaired) electrons. The standard InChI is InChI=1S/C22H26N4O3/c27-21-17-15-18-20(6-8-26(22(18)28)16-3-1-2-4-16)23-19(17)5-7-25(21)10-9-24-11-13-29-14-12-24/h5-8,15-16H,1-4,9-14H2. The molecule has 3 aromatic rings. The van der Waals surface area contributed by atoms with Gasteiger partial charge >= 0.3 is 0 Å². The van der Waals surface area contributed by atoms with Crippen LogP contribution in [0.4, 0.5) is 0 Å². The van der Waals surface area contributed by atoms with Crippen molar-refractivity contribution in [1.29, 1.82) is 0 Å². The first-order valence-electron chi connectivity index (χ1n) is 10.6. The van der Waals surface area contributed by atoms with Gasteiger partial charge in [0.15, 0.2) is 0 Å². The third-order valence-electron chi connectivity index (χ3n) is 6.32. The van der Waals surface area contributed by atoms with E-state index in [0.29, 0.717) is 28.4 Å². The normalized spacial score (nSPS) is 18.8. The summed E-state index contributed by atoms with van der Waals surface area (Å²) < 4.78 is 8.94. The molecule has 7 heteroatoms. The highest BCUT2D eigenvalue weighted by Crippen LogP contribution is 2.28. The van der Waals surface area contributed by atoms with Crippen LogP contribution in [0.3, 0.4) is 0 Å². The van der Waals surface area contributed by atoms with Gasteiger partial charge in [-0.05, 0) is 31.0 Å². The minimum absolute atomic E-state index is 0.0353. The molecule has 3 aromatic heterocycles. The minimum atomic E-state index is -0.0826. The van der Waals surface area contributed by atoms with Gasteiger partial charge in [-0.1, -0.05) is 12.8 Å². The first-order valence-corrected chi connectivity index (χ1v) is 10.6. The van der Waals surface area contributed by atoms with E-state index in [4.69, 9.17) is 4.74 Å². The number of morpholine rings is 1. The molecule has 2 fully saturated rings. The van der Waals surface area contributed by atoms with Crippen molar-refractivity contribution in [3.05, 3.63) is 51.3 Å². The lowest BCUT2D eigenvalue weighted by molar-refractivity contribution is 0.0363. The molecule has 0 spiro atoms. The van der Waals surface area contributed by atoms with Crippen LogP contribution in [-0.4, -0.2) is 51.9 Å². The van der Waals surface area contributed by atoms with Crippen molar-refractivity contribution in [2.75, 3.05) is 32.8 Å². The SMILES string of the molecule is O=c1c2cc3c(=O)n(C4CCCC4)ccc3nc2ccn1CCN1CCOCC1. The topological polar surface area (TPSA) is 69.4 Å². The predicted molar refractivity (Wildman–Crippen MR) is 113 cm³/mol. The largest absolute Gasteiger partial charge is 0.379 e. The maximum atomic E-state index is 13.1. The van der Waals surface area contributed by atoms with Gasteiger partial charge in [0, 0.05) is 44.6 Å². The molecule has 5 rings (SSSR count). The van der Waals surface area contributed by atoms with E-state index in [1.54, 1.807) is 10.6 Å². The van der Waals surface area contributed by atoms with Crippen LogP contribution < -0.4 is 11.1 Å². The molecule has 0 unspecified atom stereocenters. The molecule has 0 N–H and O–H groups in total. The monoisotopic (exact) mass is 394 g/mol. The summed E-state index contributed by atoms with van der Waals surface area (Å²) in [4.78, 5) is 33.1. The van der Waals surface area contributed by atoms with Gasteiger partial charge in [0.1, 0.15) is 0 Å². The van der Waals surface area contributed by atoms with Gasteiger partial charge in [0.05, 0.1) is 35.0 Å². The van der Waals surface area contributed by atoms with Crippen LogP contribution in [0.2, 0.25) is 0 Å². The van der Waals surface area contributed by atoms with E-state index in [2.05, 4.69) is 9.88 Å². The molecule has 7 nitrogen and oxygen atoms in total. The molecule has 1 saturated carbocycles. The number of hydrogen-bond donors (Lipinski definition) is 0. The zero-order valence-electron chi connectivity index (χ0n) is 16.5. The number of nitrogens with zero attached hydrogens (tertiary/aromatic N) is 4. The fraction of sp³-hybridized carbons (Fsp3) is 0.500. The third kappa shape index (κ3) is 3.49. The number of aromatic nitrogens is 3. The summed E-state index contributed by atoms with van der Waals surface area (Å²) in [7, 11) is 0. The van der Waals surface area contributed by atoms with Gasteiger partial charge in [-0.25, -0.2) is 4.98 Å². The summed E-state index contributed by atoms with van der Waals surface area (Å²) in [5.41, 5.74) is 1.18. The Labute approximate surface area is 168 Å². The molecule has 2 aliphatic rings. The smallest absolute Gasteiger partial charge is 0.260 e. The van der Waals surface area contributed by atoms with E-state index in [0.717, 1.165) is 45.7 Å². The van der Waals surface area contributed by atoms with Crippen molar-refractivity contribution >= 4 is 21.8 Å². The summed E-state index contributed by atoms with van der Waals surface area (Å²) >= 11 is 0. The fourth-order valence-corrected chi connectivity index (χ4v) is 4.60. The third-order valence-corrected chi connectivity index (χ3v) is 6.32. The van der Waals surface area contributed by atoms with Crippen LogP contribution in [0.1, 0.15) is 31.7 Å². The van der Waals surface area contributed by atoms with E-state index >= 15 is 0 Å². The van der Waals surface area contributed by atoms with E-state index in [1.807, 2.05) is 29.1 Å². The highest BCUT2D eigenvalue weighted by molar-refractivity contribution is 5.91. The lowest BCUT2D eigenvalue weighted by Crippen LogP contribution is -2.39. The Bertz CT molecular complexity index is 1150. The molecule has 0 amide bonds. The molecule has 0 aromatic carbocycles. The predicted octanol–water partition coefficient (Wildman–Crippen LogP) is 2.16. The first kappa shape index (κ1) is 18.5. The van der Waals surface area contributed by atoms with Gasteiger partial charge in [0.25, 0.3) is 11.1 Å². The van der Waals surface area contributed by atoms with Crippen molar-refractivity contribution in [2.45, 2.75) is 38.3 Å². The number of fused-ring (bicyclic) bond motifs is 2. The Morgan fingerprint density at radius 1 is 0.931 bits per heavy atom. The zero-order valence-corrected chi connectivity index (χ0v) is 16.5.